The third-order valence-electron chi connectivity index (χ3n) is 1.85. The molecule has 0 bridgehead atoms. The normalized spacial score (nSPS) is 10.2. The van der Waals surface area contributed by atoms with Crippen LogP contribution in [-0.2, 0) is 0 Å². The summed E-state index contributed by atoms with van der Waals surface area (Å²) < 4.78 is 0. The number of nitriles is 1. The number of hydrogen-bond donors (Lipinski definition) is 1. The smallest absolute Gasteiger partial charge is 0.101 e. The largest absolute Gasteiger partial charge is 0.360 e. The summed E-state index contributed by atoms with van der Waals surface area (Å²) in [5.74, 6) is 0. The molecule has 0 aliphatic heterocycles. The van der Waals surface area contributed by atoms with E-state index in [2.05, 4.69) is 4.98 Å². The predicted molar refractivity (Wildman–Crippen MR) is 53.0 cm³/mol. The van der Waals surface area contributed by atoms with Crippen LogP contribution in [0.2, 0.25) is 10.0 Å². The number of nitrogens with zero attached hydrogens (tertiary/aromatic N) is 1. The van der Waals surface area contributed by atoms with Crippen LogP contribution in [-0.4, -0.2) is 4.98 Å². The minimum Gasteiger partial charge on any atom is -0.360 e. The Morgan fingerprint density at radius 2 is 2.08 bits per heavy atom. The summed E-state index contributed by atoms with van der Waals surface area (Å²) in [6.45, 7) is 0. The number of rotatable bonds is 0. The molecule has 0 aliphatic carbocycles. The van der Waals surface area contributed by atoms with Crippen molar-refractivity contribution in [1.29, 1.82) is 5.26 Å². The molecule has 2 aromatic rings. The van der Waals surface area contributed by atoms with Crippen LogP contribution in [0, 0.1) is 11.3 Å². The third-order valence-corrected chi connectivity index (χ3v) is 2.72. The number of hydrogen-bond acceptors (Lipinski definition) is 1. The maximum Gasteiger partial charge on any atom is 0.101 e. The summed E-state index contributed by atoms with van der Waals surface area (Å²) >= 11 is 11.8. The highest BCUT2D eigenvalue weighted by atomic mass is 35.5. The van der Waals surface area contributed by atoms with Crippen molar-refractivity contribution in [2.45, 2.75) is 0 Å². The molecule has 0 spiro atoms. The molecule has 0 saturated carbocycles. The van der Waals surface area contributed by atoms with Crippen molar-refractivity contribution in [3.8, 4) is 6.07 Å². The van der Waals surface area contributed by atoms with Crippen molar-refractivity contribution in [3.63, 3.8) is 0 Å². The van der Waals surface area contributed by atoms with Gasteiger partial charge in [-0.15, -0.1) is 0 Å². The average molecular weight is 211 g/mol. The van der Waals surface area contributed by atoms with Crippen LogP contribution in [0.1, 0.15) is 5.56 Å². The molecular weight excluding hydrogens is 207 g/mol. The first-order valence-corrected chi connectivity index (χ1v) is 4.35. The molecule has 2 nitrogen and oxygen atoms in total. The Balaban J connectivity index is 2.94. The molecule has 13 heavy (non-hydrogen) atoms. The summed E-state index contributed by atoms with van der Waals surface area (Å²) in [5.41, 5.74) is 1.17. The first-order valence-electron chi connectivity index (χ1n) is 3.59. The van der Waals surface area contributed by atoms with E-state index in [1.165, 1.54) is 0 Å². The lowest BCUT2D eigenvalue weighted by atomic mass is 10.2. The molecule has 1 N–H and O–H groups in total. The van der Waals surface area contributed by atoms with Gasteiger partial charge in [0.25, 0.3) is 0 Å². The molecule has 0 saturated heterocycles. The van der Waals surface area contributed by atoms with Gasteiger partial charge in [0.1, 0.15) is 6.07 Å². The van der Waals surface area contributed by atoms with Crippen LogP contribution in [0.5, 0.6) is 0 Å². The van der Waals surface area contributed by atoms with Gasteiger partial charge in [-0.2, -0.15) is 5.26 Å². The molecule has 1 aromatic carbocycles. The van der Waals surface area contributed by atoms with E-state index in [1.54, 1.807) is 12.3 Å². The summed E-state index contributed by atoms with van der Waals surface area (Å²) in [5, 5.41) is 10.3. The summed E-state index contributed by atoms with van der Waals surface area (Å²) in [7, 11) is 0. The van der Waals surface area contributed by atoms with Crippen molar-refractivity contribution in [1.82, 2.24) is 4.98 Å². The molecule has 0 radical (unpaired) electrons. The average Bonchev–Trinajstić information content (AvgIpc) is 2.59. The molecule has 4 heteroatoms. The number of benzene rings is 1. The van der Waals surface area contributed by atoms with E-state index >= 15 is 0 Å². The van der Waals surface area contributed by atoms with Gasteiger partial charge in [0.05, 0.1) is 21.1 Å². The zero-order valence-electron chi connectivity index (χ0n) is 6.44. The van der Waals surface area contributed by atoms with Crippen molar-refractivity contribution in [2.75, 3.05) is 0 Å². The van der Waals surface area contributed by atoms with E-state index in [0.717, 1.165) is 10.9 Å². The fraction of sp³-hybridized carbons (Fsp3) is 0. The number of fused-ring (bicyclic) bond motifs is 1. The van der Waals surface area contributed by atoms with Gasteiger partial charge in [-0.25, -0.2) is 0 Å². The first kappa shape index (κ1) is 8.43. The van der Waals surface area contributed by atoms with Gasteiger partial charge in [-0.1, -0.05) is 23.2 Å². The topological polar surface area (TPSA) is 39.6 Å². The molecule has 1 heterocycles. The second-order valence-corrected chi connectivity index (χ2v) is 3.36. The predicted octanol–water partition coefficient (Wildman–Crippen LogP) is 3.35. The number of aromatic nitrogens is 1. The second-order valence-electron chi connectivity index (χ2n) is 2.61. The molecule has 64 valence electrons. The van der Waals surface area contributed by atoms with Crippen LogP contribution in [0.3, 0.4) is 0 Å². The fourth-order valence-electron chi connectivity index (χ4n) is 1.22. The van der Waals surface area contributed by atoms with Gasteiger partial charge in [-0.05, 0) is 12.1 Å². The highest BCUT2D eigenvalue weighted by Gasteiger charge is 2.09. The first-order chi connectivity index (χ1) is 6.24. The molecular formula is C9H4Cl2N2. The zero-order chi connectivity index (χ0) is 9.42. The lowest BCUT2D eigenvalue weighted by Crippen LogP contribution is -1.80. The minimum absolute atomic E-state index is 0.305. The number of nitrogens with one attached hydrogen (secondary N) is 1. The molecule has 0 atom stereocenters. The Labute approximate surface area is 84.7 Å². The van der Waals surface area contributed by atoms with E-state index < -0.39 is 0 Å². The zero-order valence-corrected chi connectivity index (χ0v) is 7.95. The Morgan fingerprint density at radius 3 is 2.77 bits per heavy atom. The highest BCUT2D eigenvalue weighted by Crippen LogP contribution is 2.32. The van der Waals surface area contributed by atoms with Gasteiger partial charge in [0.2, 0.25) is 0 Å². The summed E-state index contributed by atoms with van der Waals surface area (Å²) in [6, 6.07) is 5.54. The molecule has 0 unspecified atom stereocenters. The van der Waals surface area contributed by atoms with Crippen molar-refractivity contribution in [3.05, 3.63) is 33.9 Å². The highest BCUT2D eigenvalue weighted by molar-refractivity contribution is 6.45. The van der Waals surface area contributed by atoms with Crippen molar-refractivity contribution in [2.24, 2.45) is 0 Å². The Morgan fingerprint density at radius 1 is 1.31 bits per heavy atom. The Kier molecular flexibility index (Phi) is 1.91. The molecule has 2 rings (SSSR count). The van der Waals surface area contributed by atoms with Crippen LogP contribution in [0.15, 0.2) is 18.3 Å². The van der Waals surface area contributed by atoms with Crippen LogP contribution >= 0.6 is 23.2 Å². The van der Waals surface area contributed by atoms with Gasteiger partial charge in [0.15, 0.2) is 0 Å². The van der Waals surface area contributed by atoms with E-state index in [0.29, 0.717) is 15.6 Å². The lowest BCUT2D eigenvalue weighted by Gasteiger charge is -1.99. The molecule has 0 amide bonds. The molecule has 0 aliphatic rings. The van der Waals surface area contributed by atoms with Gasteiger partial charge < -0.3 is 4.98 Å². The van der Waals surface area contributed by atoms with E-state index in [-0.39, 0.29) is 0 Å². The monoisotopic (exact) mass is 210 g/mol. The van der Waals surface area contributed by atoms with Crippen molar-refractivity contribution >= 4 is 34.1 Å². The van der Waals surface area contributed by atoms with Crippen LogP contribution < -0.4 is 0 Å². The maximum atomic E-state index is 8.74. The van der Waals surface area contributed by atoms with Crippen LogP contribution in [0.25, 0.3) is 10.9 Å². The summed E-state index contributed by atoms with van der Waals surface area (Å²) in [6.07, 6.45) is 1.76. The van der Waals surface area contributed by atoms with E-state index in [4.69, 9.17) is 28.5 Å². The number of halogens is 2. The molecule has 0 fully saturated rings. The standard InChI is InChI=1S/C9H4Cl2N2/c10-7-6(4-12)3-5-1-2-13-9(5)8(7)11/h1-3,13H. The van der Waals surface area contributed by atoms with Gasteiger partial charge >= 0.3 is 0 Å². The Bertz CT molecular complexity index is 508. The quantitative estimate of drug-likeness (QED) is 0.712. The number of aromatic amines is 1. The third kappa shape index (κ3) is 1.17. The van der Waals surface area contributed by atoms with Crippen LogP contribution in [0.4, 0.5) is 0 Å². The SMILES string of the molecule is N#Cc1cc2cc[nH]c2c(Cl)c1Cl. The lowest BCUT2D eigenvalue weighted by molar-refractivity contribution is 1.46. The van der Waals surface area contributed by atoms with Gasteiger partial charge in [0, 0.05) is 11.6 Å². The molecule has 1 aromatic heterocycles. The number of H-pyrrole nitrogens is 1. The minimum atomic E-state index is 0.305. The summed E-state index contributed by atoms with van der Waals surface area (Å²) in [4.78, 5) is 2.95. The Hall–Kier alpha value is -1.17. The van der Waals surface area contributed by atoms with Crippen molar-refractivity contribution < 1.29 is 0 Å². The maximum absolute atomic E-state index is 8.74. The fourth-order valence-corrected chi connectivity index (χ4v) is 1.68. The van der Waals surface area contributed by atoms with E-state index in [1.807, 2.05) is 12.1 Å². The van der Waals surface area contributed by atoms with Gasteiger partial charge in [-0.3, -0.25) is 0 Å². The second kappa shape index (κ2) is 2.95. The van der Waals surface area contributed by atoms with E-state index in [9.17, 15) is 0 Å².